The number of benzene rings is 1. The molecule has 1 aromatic rings. The highest BCUT2D eigenvalue weighted by Crippen LogP contribution is 2.18. The molecule has 0 aliphatic carbocycles. The summed E-state index contributed by atoms with van der Waals surface area (Å²) in [7, 11) is 0. The second-order valence-corrected chi connectivity index (χ2v) is 6.63. The molecule has 0 spiro atoms. The summed E-state index contributed by atoms with van der Waals surface area (Å²) in [6.45, 7) is 2.29. The fourth-order valence-corrected chi connectivity index (χ4v) is 3.37. The highest BCUT2D eigenvalue weighted by Gasteiger charge is 2.24. The van der Waals surface area contributed by atoms with Crippen molar-refractivity contribution in [1.29, 1.82) is 0 Å². The Balaban J connectivity index is 1.65. The molecule has 2 amide bonds. The maximum atomic E-state index is 12.7. The molecule has 2 heterocycles. The van der Waals surface area contributed by atoms with Gasteiger partial charge in [-0.3, -0.25) is 9.59 Å². The van der Waals surface area contributed by atoms with Crippen molar-refractivity contribution in [3.05, 3.63) is 29.8 Å². The highest BCUT2D eigenvalue weighted by molar-refractivity contribution is 5.98. The molecule has 0 saturated carbocycles. The van der Waals surface area contributed by atoms with Crippen molar-refractivity contribution in [2.45, 2.75) is 51.0 Å². The molecular formula is C19H26N2O3. The highest BCUT2D eigenvalue weighted by atomic mass is 16.5. The maximum Gasteiger partial charge on any atom is 0.253 e. The molecule has 3 rings (SSSR count). The Kier molecular flexibility index (Phi) is 5.86. The quantitative estimate of drug-likeness (QED) is 0.926. The average molecular weight is 330 g/mol. The Labute approximate surface area is 143 Å². The number of carbonyl (C=O) groups is 2. The predicted octanol–water partition coefficient (Wildman–Crippen LogP) is 3.21. The van der Waals surface area contributed by atoms with Gasteiger partial charge in [-0.1, -0.05) is 25.3 Å². The summed E-state index contributed by atoms with van der Waals surface area (Å²) in [5, 5.41) is 2.87. The van der Waals surface area contributed by atoms with Gasteiger partial charge in [0.1, 0.15) is 6.10 Å². The summed E-state index contributed by atoms with van der Waals surface area (Å²) < 4.78 is 5.40. The van der Waals surface area contributed by atoms with Crippen LogP contribution in [0.3, 0.4) is 0 Å². The lowest BCUT2D eigenvalue weighted by Gasteiger charge is -2.25. The number of rotatable bonds is 3. The van der Waals surface area contributed by atoms with Crippen molar-refractivity contribution in [2.24, 2.45) is 0 Å². The van der Waals surface area contributed by atoms with Crippen LogP contribution < -0.4 is 5.32 Å². The lowest BCUT2D eigenvalue weighted by molar-refractivity contribution is -0.124. The Hall–Kier alpha value is -1.88. The summed E-state index contributed by atoms with van der Waals surface area (Å²) in [6, 6.07) is 7.23. The largest absolute Gasteiger partial charge is 0.368 e. The number of nitrogens with one attached hydrogen (secondary N) is 1. The molecule has 0 aromatic heterocycles. The molecule has 2 fully saturated rings. The Morgan fingerprint density at radius 2 is 1.79 bits per heavy atom. The van der Waals surface area contributed by atoms with Crippen LogP contribution in [0.1, 0.15) is 55.3 Å². The van der Waals surface area contributed by atoms with Gasteiger partial charge in [0.15, 0.2) is 0 Å². The topological polar surface area (TPSA) is 58.6 Å². The van der Waals surface area contributed by atoms with Crippen LogP contribution in [0.5, 0.6) is 0 Å². The maximum absolute atomic E-state index is 12.7. The van der Waals surface area contributed by atoms with Crippen LogP contribution in [0, 0.1) is 0 Å². The molecule has 2 aliphatic heterocycles. The molecule has 0 radical (unpaired) electrons. The van der Waals surface area contributed by atoms with Crippen molar-refractivity contribution in [1.82, 2.24) is 4.90 Å². The molecule has 0 bridgehead atoms. The van der Waals surface area contributed by atoms with Crippen molar-refractivity contribution in [3.63, 3.8) is 0 Å². The number of amides is 2. The van der Waals surface area contributed by atoms with Crippen LogP contribution >= 0.6 is 0 Å². The molecule has 2 aliphatic rings. The van der Waals surface area contributed by atoms with Crippen LogP contribution in [0.4, 0.5) is 5.69 Å². The van der Waals surface area contributed by atoms with Gasteiger partial charge >= 0.3 is 0 Å². The Bertz CT molecular complexity index is 574. The van der Waals surface area contributed by atoms with E-state index in [9.17, 15) is 9.59 Å². The zero-order valence-electron chi connectivity index (χ0n) is 14.1. The smallest absolute Gasteiger partial charge is 0.253 e. The third-order valence-electron chi connectivity index (χ3n) is 4.74. The molecule has 130 valence electrons. The number of hydrogen-bond acceptors (Lipinski definition) is 3. The van der Waals surface area contributed by atoms with Gasteiger partial charge in [0.05, 0.1) is 0 Å². The molecule has 2 saturated heterocycles. The van der Waals surface area contributed by atoms with Crippen molar-refractivity contribution in [3.8, 4) is 0 Å². The molecule has 24 heavy (non-hydrogen) atoms. The van der Waals surface area contributed by atoms with Crippen molar-refractivity contribution in [2.75, 3.05) is 25.0 Å². The van der Waals surface area contributed by atoms with E-state index in [1.807, 2.05) is 23.1 Å². The first-order valence-electron chi connectivity index (χ1n) is 9.06. The summed E-state index contributed by atoms with van der Waals surface area (Å²) in [5.74, 6) is -0.0616. The van der Waals surface area contributed by atoms with Crippen LogP contribution in [0.2, 0.25) is 0 Å². The van der Waals surface area contributed by atoms with Gasteiger partial charge < -0.3 is 15.0 Å². The number of nitrogens with zero attached hydrogens (tertiary/aromatic N) is 1. The SMILES string of the molecule is O=C(Nc1cccc(C(=O)N2CCCCCCC2)c1)[C@H]1CCCO1. The first-order chi connectivity index (χ1) is 11.7. The average Bonchev–Trinajstić information content (AvgIpc) is 3.09. The molecule has 1 atom stereocenters. The zero-order valence-corrected chi connectivity index (χ0v) is 14.1. The number of hydrogen-bond donors (Lipinski definition) is 1. The van der Waals surface area contributed by atoms with E-state index in [-0.39, 0.29) is 17.9 Å². The van der Waals surface area contributed by atoms with E-state index in [2.05, 4.69) is 5.32 Å². The monoisotopic (exact) mass is 330 g/mol. The Morgan fingerprint density at radius 1 is 1.04 bits per heavy atom. The standard InChI is InChI=1S/C19H26N2O3/c22-18(17-10-7-13-24-17)20-16-9-6-8-15(14-16)19(23)21-11-4-2-1-3-5-12-21/h6,8-9,14,17H,1-5,7,10-13H2,(H,20,22)/t17-/m1/s1. The van der Waals surface area contributed by atoms with E-state index >= 15 is 0 Å². The Morgan fingerprint density at radius 3 is 2.50 bits per heavy atom. The summed E-state index contributed by atoms with van der Waals surface area (Å²) in [4.78, 5) is 26.8. The van der Waals surface area contributed by atoms with Crippen LogP contribution in [-0.4, -0.2) is 42.5 Å². The molecule has 5 nitrogen and oxygen atoms in total. The third kappa shape index (κ3) is 4.35. The van der Waals surface area contributed by atoms with Gasteiger partial charge in [0.2, 0.25) is 0 Å². The van der Waals surface area contributed by atoms with E-state index in [1.54, 1.807) is 6.07 Å². The lowest BCUT2D eigenvalue weighted by atomic mass is 10.1. The molecule has 1 aromatic carbocycles. The molecule has 1 N–H and O–H groups in total. The van der Waals surface area contributed by atoms with Crippen LogP contribution in [0.25, 0.3) is 0 Å². The van der Waals surface area contributed by atoms with Gasteiger partial charge in [-0.25, -0.2) is 0 Å². The van der Waals surface area contributed by atoms with E-state index in [0.717, 1.165) is 38.8 Å². The zero-order chi connectivity index (χ0) is 16.8. The van der Waals surface area contributed by atoms with Crippen LogP contribution in [-0.2, 0) is 9.53 Å². The second kappa shape index (κ2) is 8.29. The van der Waals surface area contributed by atoms with Gasteiger partial charge in [-0.05, 0) is 43.9 Å². The molecule has 5 heteroatoms. The first kappa shape index (κ1) is 17.0. The minimum absolute atomic E-state index is 0.0603. The van der Waals surface area contributed by atoms with E-state index < -0.39 is 0 Å². The third-order valence-corrected chi connectivity index (χ3v) is 4.74. The summed E-state index contributed by atoms with van der Waals surface area (Å²) >= 11 is 0. The van der Waals surface area contributed by atoms with Crippen LogP contribution in [0.15, 0.2) is 24.3 Å². The minimum atomic E-state index is -0.362. The molecule has 0 unspecified atom stereocenters. The first-order valence-corrected chi connectivity index (χ1v) is 9.06. The fourth-order valence-electron chi connectivity index (χ4n) is 3.37. The summed E-state index contributed by atoms with van der Waals surface area (Å²) in [5.41, 5.74) is 1.30. The number of anilines is 1. The normalized spacial score (nSPS) is 21.8. The second-order valence-electron chi connectivity index (χ2n) is 6.63. The van der Waals surface area contributed by atoms with Gasteiger partial charge in [-0.15, -0.1) is 0 Å². The summed E-state index contributed by atoms with van der Waals surface area (Å²) in [6.07, 6.45) is 7.13. The van der Waals surface area contributed by atoms with Crippen molar-refractivity contribution < 1.29 is 14.3 Å². The molecular weight excluding hydrogens is 304 g/mol. The van der Waals surface area contributed by atoms with E-state index in [0.29, 0.717) is 17.9 Å². The van der Waals surface area contributed by atoms with Gasteiger partial charge in [0.25, 0.3) is 11.8 Å². The van der Waals surface area contributed by atoms with Crippen molar-refractivity contribution >= 4 is 17.5 Å². The number of ether oxygens (including phenoxy) is 1. The predicted molar refractivity (Wildman–Crippen MR) is 93.0 cm³/mol. The number of likely N-dealkylation sites (tertiary alicyclic amines) is 1. The van der Waals surface area contributed by atoms with Gasteiger partial charge in [-0.2, -0.15) is 0 Å². The number of carbonyl (C=O) groups excluding carboxylic acids is 2. The fraction of sp³-hybridized carbons (Fsp3) is 0.579. The lowest BCUT2D eigenvalue weighted by Crippen LogP contribution is -2.34. The minimum Gasteiger partial charge on any atom is -0.368 e. The van der Waals surface area contributed by atoms with E-state index in [1.165, 1.54) is 19.3 Å². The van der Waals surface area contributed by atoms with E-state index in [4.69, 9.17) is 4.74 Å². The van der Waals surface area contributed by atoms with Gasteiger partial charge in [0, 0.05) is 30.9 Å².